The van der Waals surface area contributed by atoms with Crippen LogP contribution < -0.4 is 31.6 Å². The van der Waals surface area contributed by atoms with Crippen LogP contribution in [0.15, 0.2) is 42.7 Å². The number of anilines is 3. The third kappa shape index (κ3) is 5.43. The molecule has 3 aromatic rings. The normalized spacial score (nSPS) is 17.5. The highest BCUT2D eigenvalue weighted by atomic mass is 19.1. The molecule has 184 valence electrons. The van der Waals surface area contributed by atoms with Gasteiger partial charge in [-0.2, -0.15) is 0 Å². The minimum Gasteiger partial charge on any atom is -0.497 e. The number of nitrogens with one attached hydrogen (secondary N) is 2. The van der Waals surface area contributed by atoms with E-state index < -0.39 is 11.7 Å². The van der Waals surface area contributed by atoms with Gasteiger partial charge in [-0.3, -0.25) is 9.78 Å². The predicted molar refractivity (Wildman–Crippen MR) is 133 cm³/mol. The molecule has 2 unspecified atom stereocenters. The van der Waals surface area contributed by atoms with E-state index in [4.69, 9.17) is 20.9 Å². The highest BCUT2D eigenvalue weighted by Gasteiger charge is 2.24. The molecule has 2 atom stereocenters. The lowest BCUT2D eigenvalue weighted by atomic mass is 9.91. The van der Waals surface area contributed by atoms with Crippen molar-refractivity contribution in [1.29, 1.82) is 0 Å². The van der Waals surface area contributed by atoms with Crippen molar-refractivity contribution in [2.75, 3.05) is 24.9 Å². The monoisotopic (exact) mass is 480 g/mol. The Bertz CT molecular complexity index is 1220. The molecule has 9 nitrogen and oxygen atoms in total. The smallest absolute Gasteiger partial charge is 0.252 e. The van der Waals surface area contributed by atoms with E-state index in [0.717, 1.165) is 42.9 Å². The van der Waals surface area contributed by atoms with Gasteiger partial charge in [-0.1, -0.05) is 12.8 Å². The summed E-state index contributed by atoms with van der Waals surface area (Å²) in [5.74, 6) is -0.0755. The van der Waals surface area contributed by atoms with E-state index in [-0.39, 0.29) is 29.3 Å². The highest BCUT2D eigenvalue weighted by molar-refractivity contribution is 5.98. The van der Waals surface area contributed by atoms with Gasteiger partial charge in [0.25, 0.3) is 5.91 Å². The van der Waals surface area contributed by atoms with Gasteiger partial charge in [0.2, 0.25) is 0 Å². The number of carbonyl (C=O) groups excluding carboxylic acids is 1. The summed E-state index contributed by atoms with van der Waals surface area (Å²) in [7, 11) is 3.15. The summed E-state index contributed by atoms with van der Waals surface area (Å²) in [6, 6.07) is 8.14. The number of ether oxygens (including phenoxy) is 2. The molecule has 2 heterocycles. The zero-order valence-corrected chi connectivity index (χ0v) is 19.7. The molecule has 0 radical (unpaired) electrons. The highest BCUT2D eigenvalue weighted by Crippen LogP contribution is 2.34. The number of hydrogen-bond donors (Lipinski definition) is 4. The van der Waals surface area contributed by atoms with E-state index in [1.54, 1.807) is 32.7 Å². The first-order chi connectivity index (χ1) is 16.9. The molecular formula is C25H29FN6O3. The summed E-state index contributed by atoms with van der Waals surface area (Å²) in [6.07, 6.45) is 6.98. The molecule has 2 aromatic heterocycles. The maximum absolute atomic E-state index is 14.8. The molecule has 1 aliphatic rings. The Labute approximate surface area is 203 Å². The number of methoxy groups -OCH3 is 2. The summed E-state index contributed by atoms with van der Waals surface area (Å²) in [4.78, 5) is 20.7. The Morgan fingerprint density at radius 3 is 2.60 bits per heavy atom. The Morgan fingerprint density at radius 1 is 1.09 bits per heavy atom. The number of primary amides is 1. The lowest BCUT2D eigenvalue weighted by Crippen LogP contribution is -2.43. The third-order valence-corrected chi connectivity index (χ3v) is 6.10. The number of nitrogens with two attached hydrogens (primary N) is 2. The fourth-order valence-corrected chi connectivity index (χ4v) is 4.22. The van der Waals surface area contributed by atoms with Gasteiger partial charge in [0.15, 0.2) is 11.6 Å². The van der Waals surface area contributed by atoms with Gasteiger partial charge < -0.3 is 31.6 Å². The van der Waals surface area contributed by atoms with Crippen molar-refractivity contribution in [3.05, 3.63) is 54.1 Å². The van der Waals surface area contributed by atoms with E-state index >= 15 is 0 Å². The molecule has 1 saturated carbocycles. The maximum atomic E-state index is 14.8. The summed E-state index contributed by atoms with van der Waals surface area (Å²) in [6.45, 7) is 0. The summed E-state index contributed by atoms with van der Waals surface area (Å²) >= 11 is 0. The van der Waals surface area contributed by atoms with Crippen LogP contribution in [0.25, 0.3) is 11.1 Å². The van der Waals surface area contributed by atoms with E-state index in [0.29, 0.717) is 17.2 Å². The van der Waals surface area contributed by atoms with E-state index in [9.17, 15) is 9.18 Å². The van der Waals surface area contributed by atoms with Gasteiger partial charge >= 0.3 is 0 Å². The number of hydrogen-bond acceptors (Lipinski definition) is 8. The number of carbonyl (C=O) groups is 1. The van der Waals surface area contributed by atoms with Crippen molar-refractivity contribution < 1.29 is 18.7 Å². The first-order valence-corrected chi connectivity index (χ1v) is 11.4. The van der Waals surface area contributed by atoms with Gasteiger partial charge in [0.05, 0.1) is 31.7 Å². The predicted octanol–water partition coefficient (Wildman–Crippen LogP) is 3.82. The molecule has 0 aliphatic heterocycles. The van der Waals surface area contributed by atoms with Crippen molar-refractivity contribution in [3.8, 4) is 22.6 Å². The van der Waals surface area contributed by atoms with E-state index in [2.05, 4.69) is 20.6 Å². The molecule has 0 spiro atoms. The quantitative estimate of drug-likeness (QED) is 0.382. The molecule has 6 N–H and O–H groups in total. The average molecular weight is 481 g/mol. The Balaban J connectivity index is 1.66. The summed E-state index contributed by atoms with van der Waals surface area (Å²) in [5, 5.41) is 6.17. The topological polar surface area (TPSA) is 137 Å². The molecule has 1 amide bonds. The lowest BCUT2D eigenvalue weighted by Gasteiger charge is -2.30. The van der Waals surface area contributed by atoms with Crippen LogP contribution >= 0.6 is 0 Å². The zero-order valence-electron chi connectivity index (χ0n) is 19.7. The molecule has 1 aromatic carbocycles. The van der Waals surface area contributed by atoms with Crippen molar-refractivity contribution in [3.63, 3.8) is 0 Å². The fraction of sp³-hybridized carbons (Fsp3) is 0.320. The number of nitrogens with zero attached hydrogens (tertiary/aromatic N) is 2. The Hall–Kier alpha value is -3.92. The second kappa shape index (κ2) is 10.6. The Morgan fingerprint density at radius 2 is 1.89 bits per heavy atom. The van der Waals surface area contributed by atoms with Crippen molar-refractivity contribution in [2.45, 2.75) is 37.8 Å². The number of rotatable bonds is 8. The number of amides is 1. The number of benzene rings is 1. The van der Waals surface area contributed by atoms with Crippen molar-refractivity contribution >= 4 is 23.2 Å². The molecule has 35 heavy (non-hydrogen) atoms. The summed E-state index contributed by atoms with van der Waals surface area (Å²) < 4.78 is 25.6. The molecule has 0 saturated heterocycles. The first kappa shape index (κ1) is 24.2. The fourth-order valence-electron chi connectivity index (χ4n) is 4.22. The SMILES string of the molecule is COc1ccc(-c2cncc(Nc3nc(NC4CCCCC4N)c(F)cc3C(N)=O)c2)c(OC)c1. The van der Waals surface area contributed by atoms with E-state index in [1.165, 1.54) is 0 Å². The maximum Gasteiger partial charge on any atom is 0.252 e. The second-order valence-electron chi connectivity index (χ2n) is 8.43. The van der Waals surface area contributed by atoms with E-state index in [1.807, 2.05) is 18.2 Å². The van der Waals surface area contributed by atoms with Crippen LogP contribution in [0, 0.1) is 5.82 Å². The van der Waals surface area contributed by atoms with Gasteiger partial charge in [-0.15, -0.1) is 0 Å². The van der Waals surface area contributed by atoms with Gasteiger partial charge in [-0.05, 0) is 37.1 Å². The van der Waals surface area contributed by atoms with Crippen LogP contribution in [0.4, 0.5) is 21.7 Å². The molecule has 1 fully saturated rings. The first-order valence-electron chi connectivity index (χ1n) is 11.4. The third-order valence-electron chi connectivity index (χ3n) is 6.10. The van der Waals surface area contributed by atoms with Crippen LogP contribution in [-0.4, -0.2) is 42.2 Å². The minimum absolute atomic E-state index is 0.0146. The molecule has 1 aliphatic carbocycles. The van der Waals surface area contributed by atoms with Crippen LogP contribution in [-0.2, 0) is 0 Å². The molecule has 10 heteroatoms. The van der Waals surface area contributed by atoms with Crippen molar-refractivity contribution in [2.24, 2.45) is 11.5 Å². The number of pyridine rings is 2. The van der Waals surface area contributed by atoms with Crippen LogP contribution in [0.2, 0.25) is 0 Å². The van der Waals surface area contributed by atoms with Crippen molar-refractivity contribution in [1.82, 2.24) is 9.97 Å². The van der Waals surface area contributed by atoms with Gasteiger partial charge in [0.1, 0.15) is 17.3 Å². The van der Waals surface area contributed by atoms with Gasteiger partial charge in [-0.25, -0.2) is 9.37 Å². The standard InChI is InChI=1S/C25H29FN6O3/c1-34-16-7-8-17(22(10-16)35-2)14-9-15(13-29-12-14)30-24-18(23(28)33)11-19(26)25(32-24)31-21-6-4-3-5-20(21)27/h7-13,20-21H,3-6,27H2,1-2H3,(H2,28,33)(H2,30,31,32). The molecule has 0 bridgehead atoms. The summed E-state index contributed by atoms with van der Waals surface area (Å²) in [5.41, 5.74) is 13.7. The second-order valence-corrected chi connectivity index (χ2v) is 8.43. The minimum atomic E-state index is -0.805. The van der Waals surface area contributed by atoms with Crippen LogP contribution in [0.5, 0.6) is 11.5 Å². The van der Waals surface area contributed by atoms with Crippen LogP contribution in [0.3, 0.4) is 0 Å². The Kier molecular flexibility index (Phi) is 7.31. The molecular weight excluding hydrogens is 451 g/mol. The zero-order chi connectivity index (χ0) is 24.9. The van der Waals surface area contributed by atoms with Crippen LogP contribution in [0.1, 0.15) is 36.0 Å². The van der Waals surface area contributed by atoms with Gasteiger partial charge in [0, 0.05) is 35.5 Å². The average Bonchev–Trinajstić information content (AvgIpc) is 2.86. The number of aromatic nitrogens is 2. The largest absolute Gasteiger partial charge is 0.497 e. The lowest BCUT2D eigenvalue weighted by molar-refractivity contribution is 0.100. The number of halogens is 1. The molecule has 4 rings (SSSR count).